The van der Waals surface area contributed by atoms with Crippen molar-refractivity contribution in [3.05, 3.63) is 52.2 Å². The van der Waals surface area contributed by atoms with Gasteiger partial charge in [0.25, 0.3) is 0 Å². The lowest BCUT2D eigenvalue weighted by Crippen LogP contribution is -2.05. The van der Waals surface area contributed by atoms with E-state index in [1.807, 2.05) is 38.1 Å². The summed E-state index contributed by atoms with van der Waals surface area (Å²) in [5, 5.41) is 0.773. The van der Waals surface area contributed by atoms with Crippen molar-refractivity contribution in [3.63, 3.8) is 0 Å². The zero-order chi connectivity index (χ0) is 15.6. The molecule has 112 valence electrons. The minimum Gasteiger partial charge on any atom is -0.439 e. The zero-order valence-corrected chi connectivity index (χ0v) is 13.6. The van der Waals surface area contributed by atoms with Gasteiger partial charge in [-0.05, 0) is 48.6 Å². The predicted octanol–water partition coefficient (Wildman–Crippen LogP) is 4.98. The molecule has 0 spiro atoms. The fourth-order valence-corrected chi connectivity index (χ4v) is 2.49. The normalized spacial score (nSPS) is 12.5. The quantitative estimate of drug-likeness (QED) is 0.866. The molecule has 3 nitrogen and oxygen atoms in total. The van der Waals surface area contributed by atoms with Gasteiger partial charge in [0.05, 0.1) is 0 Å². The molecule has 0 saturated heterocycles. The van der Waals surface area contributed by atoms with E-state index in [0.29, 0.717) is 11.8 Å². The van der Waals surface area contributed by atoms with Gasteiger partial charge in [0.15, 0.2) is 0 Å². The van der Waals surface area contributed by atoms with Crippen molar-refractivity contribution in [2.75, 3.05) is 0 Å². The molecule has 21 heavy (non-hydrogen) atoms. The molecule has 1 aromatic heterocycles. The first kappa shape index (κ1) is 15.8. The first-order chi connectivity index (χ1) is 9.88. The molecule has 1 heterocycles. The molecule has 0 aliphatic carbocycles. The molecule has 0 saturated carbocycles. The summed E-state index contributed by atoms with van der Waals surface area (Å²) in [7, 11) is 0. The second-order valence-electron chi connectivity index (χ2n) is 5.61. The van der Waals surface area contributed by atoms with E-state index in [2.05, 4.69) is 18.8 Å². The Morgan fingerprint density at radius 3 is 2.43 bits per heavy atom. The van der Waals surface area contributed by atoms with Crippen LogP contribution < -0.4 is 10.5 Å². The fourth-order valence-electron chi connectivity index (χ4n) is 2.06. The van der Waals surface area contributed by atoms with Crippen molar-refractivity contribution in [2.24, 2.45) is 5.73 Å². The van der Waals surface area contributed by atoms with Crippen LogP contribution in [0, 0.1) is 6.92 Å². The average molecular weight is 305 g/mol. The Morgan fingerprint density at radius 2 is 1.90 bits per heavy atom. The summed E-state index contributed by atoms with van der Waals surface area (Å²) in [5.41, 5.74) is 8.86. The van der Waals surface area contributed by atoms with Gasteiger partial charge in [-0.3, -0.25) is 0 Å². The van der Waals surface area contributed by atoms with Gasteiger partial charge in [0, 0.05) is 23.3 Å². The van der Waals surface area contributed by atoms with E-state index >= 15 is 0 Å². The molecular weight excluding hydrogens is 284 g/mol. The third-order valence-electron chi connectivity index (χ3n) is 3.42. The van der Waals surface area contributed by atoms with Gasteiger partial charge in [-0.1, -0.05) is 31.5 Å². The van der Waals surface area contributed by atoms with Gasteiger partial charge in [-0.2, -0.15) is 0 Å². The predicted molar refractivity (Wildman–Crippen MR) is 87.2 cm³/mol. The molecule has 0 aliphatic heterocycles. The van der Waals surface area contributed by atoms with Crippen LogP contribution in [-0.4, -0.2) is 4.98 Å². The summed E-state index contributed by atoms with van der Waals surface area (Å²) < 4.78 is 5.88. The van der Waals surface area contributed by atoms with Crippen molar-refractivity contribution in [1.82, 2.24) is 4.98 Å². The second kappa shape index (κ2) is 6.46. The van der Waals surface area contributed by atoms with Crippen molar-refractivity contribution >= 4 is 11.6 Å². The number of nitrogens with zero attached hydrogens (tertiary/aromatic N) is 1. The second-order valence-corrected chi connectivity index (χ2v) is 6.02. The monoisotopic (exact) mass is 304 g/mol. The average Bonchev–Trinajstić information content (AvgIpc) is 2.42. The van der Waals surface area contributed by atoms with Gasteiger partial charge in [-0.15, -0.1) is 0 Å². The largest absolute Gasteiger partial charge is 0.439 e. The molecule has 2 aromatic rings. The summed E-state index contributed by atoms with van der Waals surface area (Å²) in [6, 6.07) is 7.66. The van der Waals surface area contributed by atoms with E-state index in [4.69, 9.17) is 22.1 Å². The number of nitrogens with two attached hydrogens (primary N) is 1. The van der Waals surface area contributed by atoms with Crippen LogP contribution in [0.3, 0.4) is 0 Å². The smallest absolute Gasteiger partial charge is 0.219 e. The van der Waals surface area contributed by atoms with E-state index in [1.165, 1.54) is 0 Å². The molecule has 0 radical (unpaired) electrons. The van der Waals surface area contributed by atoms with Gasteiger partial charge in [-0.25, -0.2) is 4.98 Å². The number of benzene rings is 1. The maximum absolute atomic E-state index is 6.27. The highest BCUT2D eigenvalue weighted by Crippen LogP contribution is 2.33. The van der Waals surface area contributed by atoms with Gasteiger partial charge >= 0.3 is 0 Å². The summed E-state index contributed by atoms with van der Waals surface area (Å²) in [4.78, 5) is 4.30. The minimum atomic E-state index is -0.0311. The molecule has 0 bridgehead atoms. The van der Waals surface area contributed by atoms with E-state index in [9.17, 15) is 0 Å². The van der Waals surface area contributed by atoms with Crippen LogP contribution in [0.15, 0.2) is 30.5 Å². The number of ether oxygens (including phenoxy) is 1. The van der Waals surface area contributed by atoms with E-state index in [0.717, 1.165) is 27.5 Å². The molecule has 1 atom stereocenters. The highest BCUT2D eigenvalue weighted by atomic mass is 35.5. The number of halogens is 1. The van der Waals surface area contributed by atoms with Crippen molar-refractivity contribution in [2.45, 2.75) is 39.7 Å². The molecular formula is C17H21ClN2O. The lowest BCUT2D eigenvalue weighted by molar-refractivity contribution is 0.458. The first-order valence-electron chi connectivity index (χ1n) is 7.08. The van der Waals surface area contributed by atoms with Crippen LogP contribution in [0.1, 0.15) is 49.4 Å². The number of pyridine rings is 1. The van der Waals surface area contributed by atoms with Gasteiger partial charge < -0.3 is 10.5 Å². The highest BCUT2D eigenvalue weighted by molar-refractivity contribution is 6.31. The molecule has 0 fully saturated rings. The first-order valence-corrected chi connectivity index (χ1v) is 7.45. The van der Waals surface area contributed by atoms with Crippen molar-refractivity contribution in [1.29, 1.82) is 0 Å². The standard InChI is InChI=1S/C17H21ClN2O/c1-10(2)14-8-16(11(3)7-15(14)18)21-17-6-5-13(9-20-17)12(4)19/h5-10,12H,19H2,1-4H3/t12-/m1/s1. The van der Waals surface area contributed by atoms with Gasteiger partial charge in [0.2, 0.25) is 5.88 Å². The summed E-state index contributed by atoms with van der Waals surface area (Å²) in [6.45, 7) is 8.11. The number of rotatable bonds is 4. The van der Waals surface area contributed by atoms with Crippen LogP contribution in [-0.2, 0) is 0 Å². The minimum absolute atomic E-state index is 0.0311. The molecule has 2 N–H and O–H groups in total. The topological polar surface area (TPSA) is 48.1 Å². The molecule has 0 aliphatic rings. The number of aryl methyl sites for hydroxylation is 1. The van der Waals surface area contributed by atoms with Crippen LogP contribution in [0.25, 0.3) is 0 Å². The number of hydrogen-bond donors (Lipinski definition) is 1. The van der Waals surface area contributed by atoms with Crippen LogP contribution >= 0.6 is 11.6 Å². The van der Waals surface area contributed by atoms with Gasteiger partial charge in [0.1, 0.15) is 5.75 Å². The third-order valence-corrected chi connectivity index (χ3v) is 3.74. The maximum Gasteiger partial charge on any atom is 0.219 e. The van der Waals surface area contributed by atoms with Crippen LogP contribution in [0.4, 0.5) is 0 Å². The van der Waals surface area contributed by atoms with Crippen LogP contribution in [0.5, 0.6) is 11.6 Å². The van der Waals surface area contributed by atoms with E-state index in [-0.39, 0.29) is 6.04 Å². The van der Waals surface area contributed by atoms with E-state index in [1.54, 1.807) is 6.20 Å². The Bertz CT molecular complexity index is 621. The molecule has 4 heteroatoms. The van der Waals surface area contributed by atoms with E-state index < -0.39 is 0 Å². The molecule has 2 rings (SSSR count). The Labute approximate surface area is 131 Å². The summed E-state index contributed by atoms with van der Waals surface area (Å²) >= 11 is 6.27. The Morgan fingerprint density at radius 1 is 1.19 bits per heavy atom. The molecule has 0 unspecified atom stereocenters. The Kier molecular flexibility index (Phi) is 4.86. The summed E-state index contributed by atoms with van der Waals surface area (Å²) in [6.07, 6.45) is 1.74. The lowest BCUT2D eigenvalue weighted by atomic mass is 10.0. The fraction of sp³-hybridized carbons (Fsp3) is 0.353. The molecule has 1 aromatic carbocycles. The number of hydrogen-bond acceptors (Lipinski definition) is 3. The highest BCUT2D eigenvalue weighted by Gasteiger charge is 2.11. The summed E-state index contributed by atoms with van der Waals surface area (Å²) in [5.74, 6) is 1.68. The Balaban J connectivity index is 2.28. The number of aromatic nitrogens is 1. The van der Waals surface area contributed by atoms with Crippen molar-refractivity contribution in [3.8, 4) is 11.6 Å². The molecule has 0 amide bonds. The lowest BCUT2D eigenvalue weighted by Gasteiger charge is -2.14. The zero-order valence-electron chi connectivity index (χ0n) is 12.9. The van der Waals surface area contributed by atoms with Crippen molar-refractivity contribution < 1.29 is 4.74 Å². The SMILES string of the molecule is Cc1cc(Cl)c(C(C)C)cc1Oc1ccc([C@@H](C)N)cn1. The van der Waals surface area contributed by atoms with Crippen LogP contribution in [0.2, 0.25) is 5.02 Å². The maximum atomic E-state index is 6.27. The third kappa shape index (κ3) is 3.74. The Hall–Kier alpha value is -1.58.